The van der Waals surface area contributed by atoms with Gasteiger partial charge in [0.15, 0.2) is 0 Å². The fourth-order valence-electron chi connectivity index (χ4n) is 2.40. The summed E-state index contributed by atoms with van der Waals surface area (Å²) in [4.78, 5) is 0. The van der Waals surface area contributed by atoms with E-state index in [1.165, 1.54) is 0 Å². The van der Waals surface area contributed by atoms with Gasteiger partial charge in [0.1, 0.15) is 5.75 Å². The molecule has 2 atom stereocenters. The van der Waals surface area contributed by atoms with Crippen LogP contribution >= 0.6 is 0 Å². The number of aliphatic hydroxyl groups excluding tert-OH is 2. The first-order valence-electron chi connectivity index (χ1n) is 7.82. The zero-order valence-corrected chi connectivity index (χ0v) is 14.2. The molecule has 0 saturated carbocycles. The molecule has 1 rings (SSSR count). The molecule has 0 spiro atoms. The normalized spacial score (nSPS) is 13.6. The lowest BCUT2D eigenvalue weighted by molar-refractivity contribution is 0.181. The average Bonchev–Trinajstić information content (AvgIpc) is 2.42. The second kappa shape index (κ2) is 8.19. The molecule has 3 nitrogen and oxygen atoms in total. The van der Waals surface area contributed by atoms with E-state index in [9.17, 15) is 15.3 Å². The van der Waals surface area contributed by atoms with Gasteiger partial charge in [0.05, 0.1) is 12.2 Å². The minimum absolute atomic E-state index is 0.283. The average molecular weight is 304 g/mol. The molecule has 0 unspecified atom stereocenters. The van der Waals surface area contributed by atoms with Gasteiger partial charge in [0.2, 0.25) is 0 Å². The van der Waals surface area contributed by atoms with E-state index in [4.69, 9.17) is 0 Å². The fraction of sp³-hybridized carbons (Fsp3) is 0.526. The van der Waals surface area contributed by atoms with Crippen LogP contribution < -0.4 is 0 Å². The van der Waals surface area contributed by atoms with Crippen molar-refractivity contribution >= 4 is 0 Å². The molecule has 0 aromatic heterocycles. The van der Waals surface area contributed by atoms with Crippen molar-refractivity contribution in [1.82, 2.24) is 0 Å². The standard InChI is InChI=1S/C19H28O3/c1-12(2)16(11-15(5)20)7-6-8-18(21)17-9-13(3)19(22)14(4)10-17/h6,9-10,12,15,18,20-22H,8,11H2,1-5H3/t7?,15-,18+/m0/s1. The molecule has 0 saturated heterocycles. The molecule has 3 N–H and O–H groups in total. The van der Waals surface area contributed by atoms with E-state index in [0.29, 0.717) is 18.8 Å². The molecule has 0 radical (unpaired) electrons. The molecule has 0 fully saturated rings. The summed E-state index contributed by atoms with van der Waals surface area (Å²) in [7, 11) is 0. The van der Waals surface area contributed by atoms with E-state index < -0.39 is 6.10 Å². The molecule has 22 heavy (non-hydrogen) atoms. The van der Waals surface area contributed by atoms with Gasteiger partial charge in [-0.3, -0.25) is 0 Å². The van der Waals surface area contributed by atoms with Crippen molar-refractivity contribution in [1.29, 1.82) is 0 Å². The van der Waals surface area contributed by atoms with Gasteiger partial charge in [0.25, 0.3) is 0 Å². The number of benzene rings is 1. The Morgan fingerprint density at radius 3 is 2.14 bits per heavy atom. The molecule has 0 aliphatic carbocycles. The monoisotopic (exact) mass is 304 g/mol. The zero-order valence-electron chi connectivity index (χ0n) is 14.2. The summed E-state index contributed by atoms with van der Waals surface area (Å²) >= 11 is 0. The Hall–Kier alpha value is -1.54. The van der Waals surface area contributed by atoms with Crippen molar-refractivity contribution in [3.05, 3.63) is 46.2 Å². The van der Waals surface area contributed by atoms with Crippen LogP contribution in [0.2, 0.25) is 0 Å². The maximum absolute atomic E-state index is 10.3. The van der Waals surface area contributed by atoms with Crippen molar-refractivity contribution < 1.29 is 15.3 Å². The number of aromatic hydroxyl groups is 1. The molecular weight excluding hydrogens is 276 g/mol. The van der Waals surface area contributed by atoms with E-state index in [0.717, 1.165) is 22.3 Å². The highest BCUT2D eigenvalue weighted by Crippen LogP contribution is 2.27. The number of hydrogen-bond donors (Lipinski definition) is 3. The Bertz CT molecular complexity index is 541. The van der Waals surface area contributed by atoms with Gasteiger partial charge in [-0.25, -0.2) is 0 Å². The van der Waals surface area contributed by atoms with Gasteiger partial charge in [0, 0.05) is 12.8 Å². The van der Waals surface area contributed by atoms with Gasteiger partial charge < -0.3 is 15.3 Å². The Kier molecular flexibility index (Phi) is 6.89. The highest BCUT2D eigenvalue weighted by atomic mass is 16.3. The maximum Gasteiger partial charge on any atom is 0.121 e. The summed E-state index contributed by atoms with van der Waals surface area (Å²) in [6.45, 7) is 9.56. The van der Waals surface area contributed by atoms with Gasteiger partial charge >= 0.3 is 0 Å². The number of phenolic OH excluding ortho intramolecular Hbond substituents is 1. The lowest BCUT2D eigenvalue weighted by atomic mass is 9.97. The predicted octanol–water partition coefficient (Wildman–Crippen LogP) is 3.94. The number of rotatable bonds is 6. The smallest absolute Gasteiger partial charge is 0.121 e. The van der Waals surface area contributed by atoms with Crippen LogP contribution in [-0.2, 0) is 0 Å². The van der Waals surface area contributed by atoms with Gasteiger partial charge in [-0.2, -0.15) is 0 Å². The summed E-state index contributed by atoms with van der Waals surface area (Å²) in [6.07, 6.45) is 1.89. The highest BCUT2D eigenvalue weighted by Gasteiger charge is 2.10. The van der Waals surface area contributed by atoms with Crippen LogP contribution in [0, 0.1) is 19.8 Å². The lowest BCUT2D eigenvalue weighted by Crippen LogP contribution is -2.04. The zero-order chi connectivity index (χ0) is 16.9. The molecular formula is C19H28O3. The SMILES string of the molecule is Cc1cc([C@H](O)CC=C=C(C[C@H](C)O)C(C)C)cc(C)c1O. The quantitative estimate of drug-likeness (QED) is 0.698. The Morgan fingerprint density at radius 1 is 1.14 bits per heavy atom. The first-order valence-corrected chi connectivity index (χ1v) is 7.82. The number of aryl methyl sites for hydroxylation is 2. The molecule has 1 aromatic rings. The molecule has 3 heteroatoms. The molecule has 0 amide bonds. The summed E-state index contributed by atoms with van der Waals surface area (Å²) in [5, 5.41) is 29.6. The van der Waals surface area contributed by atoms with Crippen LogP contribution in [0.15, 0.2) is 29.5 Å². The summed E-state index contributed by atoms with van der Waals surface area (Å²) in [6, 6.07) is 3.62. The summed E-state index contributed by atoms with van der Waals surface area (Å²) in [5.41, 5.74) is 6.61. The molecule has 1 aromatic carbocycles. The van der Waals surface area contributed by atoms with Crippen LogP contribution in [-0.4, -0.2) is 21.4 Å². The predicted molar refractivity (Wildman–Crippen MR) is 89.9 cm³/mol. The van der Waals surface area contributed by atoms with Gasteiger partial charge in [-0.1, -0.05) is 13.8 Å². The third-order valence-corrected chi connectivity index (χ3v) is 3.74. The topological polar surface area (TPSA) is 60.7 Å². The van der Waals surface area contributed by atoms with E-state index in [1.54, 1.807) is 6.92 Å². The van der Waals surface area contributed by atoms with Gasteiger partial charge in [-0.15, -0.1) is 5.73 Å². The largest absolute Gasteiger partial charge is 0.507 e. The minimum Gasteiger partial charge on any atom is -0.507 e. The van der Waals surface area contributed by atoms with Crippen LogP contribution in [0.3, 0.4) is 0 Å². The number of phenols is 1. The molecule has 0 aliphatic rings. The summed E-state index contributed by atoms with van der Waals surface area (Å²) in [5.74, 6) is 0.603. The van der Waals surface area contributed by atoms with Crippen LogP contribution in [0.5, 0.6) is 5.75 Å². The van der Waals surface area contributed by atoms with Crippen LogP contribution in [0.1, 0.15) is 56.4 Å². The van der Waals surface area contributed by atoms with Crippen molar-refractivity contribution in [2.24, 2.45) is 5.92 Å². The van der Waals surface area contributed by atoms with Gasteiger partial charge in [-0.05, 0) is 67.2 Å². The van der Waals surface area contributed by atoms with Crippen molar-refractivity contribution in [3.63, 3.8) is 0 Å². The van der Waals surface area contributed by atoms with Crippen molar-refractivity contribution in [3.8, 4) is 5.75 Å². The first kappa shape index (κ1) is 18.5. The van der Waals surface area contributed by atoms with E-state index in [2.05, 4.69) is 19.6 Å². The Labute approximate surface area is 133 Å². The molecule has 0 bridgehead atoms. The molecule has 122 valence electrons. The molecule has 0 aliphatic heterocycles. The highest BCUT2D eigenvalue weighted by molar-refractivity contribution is 5.42. The first-order chi connectivity index (χ1) is 10.2. The number of aliphatic hydroxyl groups is 2. The Morgan fingerprint density at radius 2 is 1.68 bits per heavy atom. The maximum atomic E-state index is 10.3. The third kappa shape index (κ3) is 5.34. The second-order valence-electron chi connectivity index (χ2n) is 6.34. The van der Waals surface area contributed by atoms with E-state index in [-0.39, 0.29) is 11.9 Å². The van der Waals surface area contributed by atoms with E-state index in [1.807, 2.05) is 32.1 Å². The Balaban J connectivity index is 2.88. The van der Waals surface area contributed by atoms with Crippen LogP contribution in [0.25, 0.3) is 0 Å². The summed E-state index contributed by atoms with van der Waals surface area (Å²) < 4.78 is 0. The van der Waals surface area contributed by atoms with Crippen LogP contribution in [0.4, 0.5) is 0 Å². The molecule has 0 heterocycles. The van der Waals surface area contributed by atoms with Crippen molar-refractivity contribution in [2.45, 2.75) is 59.7 Å². The van der Waals surface area contributed by atoms with E-state index >= 15 is 0 Å². The number of hydrogen-bond acceptors (Lipinski definition) is 3. The van der Waals surface area contributed by atoms with Crippen molar-refractivity contribution in [2.75, 3.05) is 0 Å². The third-order valence-electron chi connectivity index (χ3n) is 3.74. The minimum atomic E-state index is -0.620. The lowest BCUT2D eigenvalue weighted by Gasteiger charge is -2.13. The fourth-order valence-corrected chi connectivity index (χ4v) is 2.40. The second-order valence-corrected chi connectivity index (χ2v) is 6.34.